The molecule has 3 rings (SSSR count). The van der Waals surface area contributed by atoms with Crippen LogP contribution < -0.4 is 4.74 Å². The van der Waals surface area contributed by atoms with Gasteiger partial charge in [-0.05, 0) is 23.3 Å². The number of aliphatic carboxylic acids is 1. The molecule has 5 heteroatoms. The van der Waals surface area contributed by atoms with Crippen LogP contribution >= 0.6 is 0 Å². The number of carboxylic acids is 1. The summed E-state index contributed by atoms with van der Waals surface area (Å²) in [5, 5.41) is 13.2. The van der Waals surface area contributed by atoms with Crippen LogP contribution in [-0.4, -0.2) is 27.5 Å². The number of benzene rings is 1. The van der Waals surface area contributed by atoms with Gasteiger partial charge in [0.25, 0.3) is 0 Å². The van der Waals surface area contributed by atoms with Crippen LogP contribution in [0, 0.1) is 0 Å². The Kier molecular flexibility index (Phi) is 2.74. The molecule has 0 bridgehead atoms. The maximum absolute atomic E-state index is 10.9. The average molecular weight is 258 g/mol. The molecule has 0 amide bonds. The van der Waals surface area contributed by atoms with E-state index in [0.717, 1.165) is 23.3 Å². The molecule has 2 heterocycles. The highest BCUT2D eigenvalue weighted by Crippen LogP contribution is 2.31. The van der Waals surface area contributed by atoms with Crippen LogP contribution in [0.25, 0.3) is 11.1 Å². The highest BCUT2D eigenvalue weighted by Gasteiger charge is 2.17. The van der Waals surface area contributed by atoms with Crippen molar-refractivity contribution >= 4 is 5.97 Å². The van der Waals surface area contributed by atoms with E-state index in [1.54, 1.807) is 11.7 Å². The van der Waals surface area contributed by atoms with Gasteiger partial charge in [0.15, 0.2) is 0 Å². The summed E-state index contributed by atoms with van der Waals surface area (Å²) < 4.78 is 7.12. The summed E-state index contributed by atoms with van der Waals surface area (Å²) in [5.74, 6) is 0.0527. The minimum atomic E-state index is -0.871. The molecule has 0 saturated carbocycles. The lowest BCUT2D eigenvalue weighted by Gasteiger charge is -2.03. The third-order valence-electron chi connectivity index (χ3n) is 3.22. The molecule has 1 aliphatic heterocycles. The maximum Gasteiger partial charge on any atom is 0.309 e. The largest absolute Gasteiger partial charge is 0.493 e. The lowest BCUT2D eigenvalue weighted by atomic mass is 10.0. The summed E-state index contributed by atoms with van der Waals surface area (Å²) in [6.45, 7) is 0.716. The zero-order valence-corrected chi connectivity index (χ0v) is 10.6. The highest BCUT2D eigenvalue weighted by molar-refractivity contribution is 5.75. The molecule has 2 aromatic rings. The van der Waals surface area contributed by atoms with E-state index in [4.69, 9.17) is 9.84 Å². The van der Waals surface area contributed by atoms with Crippen LogP contribution in [0.5, 0.6) is 5.75 Å². The van der Waals surface area contributed by atoms with Gasteiger partial charge in [0, 0.05) is 25.2 Å². The van der Waals surface area contributed by atoms with Gasteiger partial charge in [0.1, 0.15) is 5.75 Å². The minimum Gasteiger partial charge on any atom is -0.493 e. The van der Waals surface area contributed by atoms with E-state index < -0.39 is 5.97 Å². The molecule has 0 unspecified atom stereocenters. The minimum absolute atomic E-state index is 0.0657. The molecule has 19 heavy (non-hydrogen) atoms. The van der Waals surface area contributed by atoms with Gasteiger partial charge in [-0.15, -0.1) is 0 Å². The van der Waals surface area contributed by atoms with Crippen LogP contribution in [0.3, 0.4) is 0 Å². The van der Waals surface area contributed by atoms with Crippen molar-refractivity contribution in [3.8, 4) is 16.9 Å². The van der Waals surface area contributed by atoms with Gasteiger partial charge >= 0.3 is 5.97 Å². The van der Waals surface area contributed by atoms with Gasteiger partial charge in [-0.1, -0.05) is 6.07 Å². The van der Waals surface area contributed by atoms with Crippen molar-refractivity contribution in [2.24, 2.45) is 7.05 Å². The first-order valence-electron chi connectivity index (χ1n) is 6.14. The molecule has 5 nitrogen and oxygen atoms in total. The van der Waals surface area contributed by atoms with E-state index in [1.807, 2.05) is 18.3 Å². The second kappa shape index (κ2) is 4.42. The highest BCUT2D eigenvalue weighted by atomic mass is 16.5. The van der Waals surface area contributed by atoms with Crippen molar-refractivity contribution < 1.29 is 14.6 Å². The first-order valence-corrected chi connectivity index (χ1v) is 6.14. The lowest BCUT2D eigenvalue weighted by molar-refractivity contribution is -0.136. The van der Waals surface area contributed by atoms with Crippen molar-refractivity contribution in [1.29, 1.82) is 0 Å². The number of hydrogen-bond acceptors (Lipinski definition) is 3. The molecule has 0 saturated heterocycles. The predicted molar refractivity (Wildman–Crippen MR) is 69.2 cm³/mol. The Balaban J connectivity index is 2.04. The van der Waals surface area contributed by atoms with Crippen LogP contribution in [0.1, 0.15) is 11.3 Å². The summed E-state index contributed by atoms with van der Waals surface area (Å²) in [6.07, 6.45) is 2.69. The third kappa shape index (κ3) is 2.19. The number of aryl methyl sites for hydroxylation is 1. The summed E-state index contributed by atoms with van der Waals surface area (Å²) in [4.78, 5) is 10.9. The van der Waals surface area contributed by atoms with Gasteiger partial charge in [0.2, 0.25) is 0 Å². The molecule has 1 aromatic heterocycles. The van der Waals surface area contributed by atoms with Crippen molar-refractivity contribution in [2.75, 3.05) is 6.61 Å². The van der Waals surface area contributed by atoms with Crippen LogP contribution in [-0.2, 0) is 24.7 Å². The van der Waals surface area contributed by atoms with E-state index in [-0.39, 0.29) is 6.42 Å². The third-order valence-corrected chi connectivity index (χ3v) is 3.22. The Morgan fingerprint density at radius 1 is 1.53 bits per heavy atom. The molecule has 1 N–H and O–H groups in total. The first-order chi connectivity index (χ1) is 9.13. The smallest absolute Gasteiger partial charge is 0.309 e. The molecule has 0 spiro atoms. The Morgan fingerprint density at radius 3 is 3.16 bits per heavy atom. The van der Waals surface area contributed by atoms with Gasteiger partial charge in [-0.2, -0.15) is 5.10 Å². The summed E-state index contributed by atoms with van der Waals surface area (Å²) in [7, 11) is 1.80. The normalized spacial score (nSPS) is 13.1. The summed E-state index contributed by atoms with van der Waals surface area (Å²) in [6, 6.07) is 5.95. The molecular weight excluding hydrogens is 244 g/mol. The summed E-state index contributed by atoms with van der Waals surface area (Å²) >= 11 is 0. The number of nitrogens with zero attached hydrogens (tertiary/aromatic N) is 2. The predicted octanol–water partition coefficient (Wildman–Crippen LogP) is 1.65. The van der Waals surface area contributed by atoms with Gasteiger partial charge < -0.3 is 9.84 Å². The summed E-state index contributed by atoms with van der Waals surface area (Å²) in [5.41, 5.74) is 3.63. The van der Waals surface area contributed by atoms with E-state index in [2.05, 4.69) is 11.2 Å². The van der Waals surface area contributed by atoms with Crippen LogP contribution in [0.2, 0.25) is 0 Å². The lowest BCUT2D eigenvalue weighted by Crippen LogP contribution is -2.02. The van der Waals surface area contributed by atoms with Crippen molar-refractivity contribution in [2.45, 2.75) is 12.8 Å². The van der Waals surface area contributed by atoms with E-state index in [0.29, 0.717) is 12.3 Å². The molecule has 0 fully saturated rings. The van der Waals surface area contributed by atoms with Crippen molar-refractivity contribution in [3.05, 3.63) is 35.7 Å². The molecule has 1 aliphatic rings. The zero-order valence-electron chi connectivity index (χ0n) is 10.6. The maximum atomic E-state index is 10.9. The van der Waals surface area contributed by atoms with E-state index >= 15 is 0 Å². The molecule has 0 radical (unpaired) electrons. The molecular formula is C14H14N2O3. The van der Waals surface area contributed by atoms with Crippen molar-refractivity contribution in [3.63, 3.8) is 0 Å². The number of fused-ring (bicyclic) bond motifs is 1. The standard InChI is InChI=1S/C14H14N2O3/c1-16-8-11(12(15-16)7-14(17)18)9-2-3-13-10(6-9)4-5-19-13/h2-3,6,8H,4-5,7H2,1H3,(H,17,18). The SMILES string of the molecule is Cn1cc(-c2ccc3c(c2)CCO3)c(CC(=O)O)n1. The number of ether oxygens (including phenoxy) is 1. The van der Waals surface area contributed by atoms with Crippen LogP contribution in [0.15, 0.2) is 24.4 Å². The number of rotatable bonds is 3. The topological polar surface area (TPSA) is 64.3 Å². The number of carboxylic acid groups (broad SMARTS) is 1. The van der Waals surface area contributed by atoms with E-state index in [9.17, 15) is 4.79 Å². The fourth-order valence-corrected chi connectivity index (χ4v) is 2.40. The number of hydrogen-bond donors (Lipinski definition) is 1. The van der Waals surface area contributed by atoms with Crippen molar-refractivity contribution in [1.82, 2.24) is 9.78 Å². The van der Waals surface area contributed by atoms with Gasteiger partial charge in [-0.25, -0.2) is 0 Å². The first kappa shape index (κ1) is 11.8. The fraction of sp³-hybridized carbons (Fsp3) is 0.286. The number of aromatic nitrogens is 2. The molecule has 98 valence electrons. The Hall–Kier alpha value is -2.30. The second-order valence-corrected chi connectivity index (χ2v) is 4.65. The quantitative estimate of drug-likeness (QED) is 0.909. The zero-order chi connectivity index (χ0) is 13.4. The Bertz CT molecular complexity index is 646. The number of carbonyl (C=O) groups is 1. The van der Waals surface area contributed by atoms with Gasteiger partial charge in [-0.3, -0.25) is 9.48 Å². The Labute approximate surface area is 110 Å². The van der Waals surface area contributed by atoms with E-state index in [1.165, 1.54) is 5.56 Å². The molecule has 1 aromatic carbocycles. The second-order valence-electron chi connectivity index (χ2n) is 4.65. The Morgan fingerprint density at radius 2 is 2.37 bits per heavy atom. The fourth-order valence-electron chi connectivity index (χ4n) is 2.40. The van der Waals surface area contributed by atoms with Crippen LogP contribution in [0.4, 0.5) is 0 Å². The monoisotopic (exact) mass is 258 g/mol. The molecule has 0 atom stereocenters. The van der Waals surface area contributed by atoms with Gasteiger partial charge in [0.05, 0.1) is 18.7 Å². The average Bonchev–Trinajstić information content (AvgIpc) is 2.93. The molecule has 0 aliphatic carbocycles.